The van der Waals surface area contributed by atoms with Gasteiger partial charge in [0.05, 0.1) is 18.4 Å². The maximum Gasteiger partial charge on any atom is 0.303 e. The van der Waals surface area contributed by atoms with Crippen LogP contribution in [0.25, 0.3) is 0 Å². The molecule has 17 heavy (non-hydrogen) atoms. The molecule has 2 rings (SSSR count). The van der Waals surface area contributed by atoms with Crippen molar-refractivity contribution in [1.82, 2.24) is 4.98 Å². The van der Waals surface area contributed by atoms with E-state index < -0.39 is 5.97 Å². The predicted molar refractivity (Wildman–Crippen MR) is 64.2 cm³/mol. The van der Waals surface area contributed by atoms with Gasteiger partial charge in [-0.2, -0.15) is 0 Å². The molecule has 90 valence electrons. The van der Waals surface area contributed by atoms with Crippen LogP contribution in [-0.2, 0) is 17.6 Å². The summed E-state index contributed by atoms with van der Waals surface area (Å²) in [7, 11) is 0. The van der Waals surface area contributed by atoms with Gasteiger partial charge in [-0.1, -0.05) is 0 Å². The summed E-state index contributed by atoms with van der Waals surface area (Å²) in [6.07, 6.45) is 3.92. The van der Waals surface area contributed by atoms with E-state index in [2.05, 4.69) is 4.98 Å². The lowest BCUT2D eigenvalue weighted by Gasteiger charge is -1.94. The average molecular weight is 251 g/mol. The van der Waals surface area contributed by atoms with E-state index in [-0.39, 0.29) is 6.42 Å². The van der Waals surface area contributed by atoms with E-state index in [9.17, 15) is 4.79 Å². The van der Waals surface area contributed by atoms with E-state index in [0.29, 0.717) is 12.8 Å². The van der Waals surface area contributed by atoms with Crippen LogP contribution < -0.4 is 0 Å². The highest BCUT2D eigenvalue weighted by Gasteiger charge is 2.05. The molecule has 0 radical (unpaired) electrons. The summed E-state index contributed by atoms with van der Waals surface area (Å²) in [4.78, 5) is 14.8. The minimum absolute atomic E-state index is 0.199. The van der Waals surface area contributed by atoms with Gasteiger partial charge in [-0.3, -0.25) is 4.79 Å². The van der Waals surface area contributed by atoms with Crippen LogP contribution in [0.15, 0.2) is 28.2 Å². The quantitative estimate of drug-likeness (QED) is 0.857. The van der Waals surface area contributed by atoms with E-state index in [1.165, 1.54) is 0 Å². The number of furan rings is 1. The Hall–Kier alpha value is -1.62. The first-order valence-corrected chi connectivity index (χ1v) is 6.29. The molecule has 1 N–H and O–H groups in total. The molecule has 2 heterocycles. The molecule has 0 aromatic carbocycles. The Morgan fingerprint density at radius 2 is 2.41 bits per heavy atom. The van der Waals surface area contributed by atoms with E-state index in [1.807, 2.05) is 17.5 Å². The second-order valence-corrected chi connectivity index (χ2v) is 4.68. The highest BCUT2D eigenvalue weighted by Crippen LogP contribution is 2.16. The van der Waals surface area contributed by atoms with Gasteiger partial charge in [-0.25, -0.2) is 4.98 Å². The van der Waals surface area contributed by atoms with Crippen LogP contribution in [-0.4, -0.2) is 16.1 Å². The van der Waals surface area contributed by atoms with Crippen molar-refractivity contribution in [3.63, 3.8) is 0 Å². The highest BCUT2D eigenvalue weighted by atomic mass is 32.1. The van der Waals surface area contributed by atoms with Gasteiger partial charge in [0.1, 0.15) is 10.8 Å². The van der Waals surface area contributed by atoms with Crippen molar-refractivity contribution >= 4 is 17.3 Å². The summed E-state index contributed by atoms with van der Waals surface area (Å²) < 4.78 is 5.25. The van der Waals surface area contributed by atoms with Crippen LogP contribution in [0.4, 0.5) is 0 Å². The number of thiazole rings is 1. The minimum Gasteiger partial charge on any atom is -0.481 e. The van der Waals surface area contributed by atoms with Gasteiger partial charge in [0, 0.05) is 11.8 Å². The number of aliphatic carboxylic acids is 1. The molecule has 0 amide bonds. The van der Waals surface area contributed by atoms with Gasteiger partial charge in [0.2, 0.25) is 0 Å². The minimum atomic E-state index is -0.754. The third kappa shape index (κ3) is 3.71. The average Bonchev–Trinajstić information content (AvgIpc) is 2.90. The number of carbonyl (C=O) groups is 1. The topological polar surface area (TPSA) is 63.3 Å². The molecule has 2 aromatic heterocycles. The first-order chi connectivity index (χ1) is 8.24. The number of carboxylic acids is 1. The lowest BCUT2D eigenvalue weighted by molar-refractivity contribution is -0.137. The lowest BCUT2D eigenvalue weighted by atomic mass is 10.2. The Morgan fingerprint density at radius 3 is 3.12 bits per heavy atom. The van der Waals surface area contributed by atoms with Gasteiger partial charge >= 0.3 is 5.97 Å². The van der Waals surface area contributed by atoms with Gasteiger partial charge < -0.3 is 9.52 Å². The Bertz CT molecular complexity index is 476. The first-order valence-electron chi connectivity index (χ1n) is 5.41. The Kier molecular flexibility index (Phi) is 3.93. The normalized spacial score (nSPS) is 10.6. The van der Waals surface area contributed by atoms with Gasteiger partial charge in [0.25, 0.3) is 0 Å². The molecule has 5 heteroatoms. The molecule has 0 bridgehead atoms. The SMILES string of the molecule is O=C(O)CCCc1csc(Cc2ccco2)n1. The van der Waals surface area contributed by atoms with Gasteiger partial charge in [-0.05, 0) is 25.0 Å². The number of aromatic nitrogens is 1. The molecule has 2 aromatic rings. The van der Waals surface area contributed by atoms with Gasteiger partial charge in [-0.15, -0.1) is 11.3 Å². The number of aryl methyl sites for hydroxylation is 1. The van der Waals surface area contributed by atoms with Crippen molar-refractivity contribution in [2.24, 2.45) is 0 Å². The summed E-state index contributed by atoms with van der Waals surface area (Å²) in [5, 5.41) is 11.5. The van der Waals surface area contributed by atoms with Crippen molar-refractivity contribution < 1.29 is 14.3 Å². The molecular weight excluding hydrogens is 238 g/mol. The van der Waals surface area contributed by atoms with E-state index >= 15 is 0 Å². The standard InChI is InChI=1S/C12H13NO3S/c14-12(15)5-1-3-9-8-17-11(13-9)7-10-4-2-6-16-10/h2,4,6,8H,1,3,5,7H2,(H,14,15). The third-order valence-electron chi connectivity index (χ3n) is 2.33. The fourth-order valence-electron chi connectivity index (χ4n) is 1.53. The van der Waals surface area contributed by atoms with E-state index in [4.69, 9.17) is 9.52 Å². The largest absolute Gasteiger partial charge is 0.481 e. The molecule has 0 spiro atoms. The molecule has 4 nitrogen and oxygen atoms in total. The van der Waals surface area contributed by atoms with E-state index in [0.717, 1.165) is 22.9 Å². The zero-order valence-corrected chi connectivity index (χ0v) is 10.1. The molecule has 0 aliphatic carbocycles. The first kappa shape index (κ1) is 11.9. The zero-order valence-electron chi connectivity index (χ0n) is 9.26. The Balaban J connectivity index is 1.85. The third-order valence-corrected chi connectivity index (χ3v) is 3.23. The number of hydrogen-bond donors (Lipinski definition) is 1. The number of nitrogens with zero attached hydrogens (tertiary/aromatic N) is 1. The summed E-state index contributed by atoms with van der Waals surface area (Å²) in [5.74, 6) is 0.146. The zero-order chi connectivity index (χ0) is 12.1. The van der Waals surface area contributed by atoms with Crippen LogP contribution in [0.1, 0.15) is 29.3 Å². The van der Waals surface area contributed by atoms with Crippen molar-refractivity contribution in [2.75, 3.05) is 0 Å². The smallest absolute Gasteiger partial charge is 0.303 e. The van der Waals surface area contributed by atoms with Crippen molar-refractivity contribution in [2.45, 2.75) is 25.7 Å². The Labute approximate surface area is 103 Å². The van der Waals surface area contributed by atoms with Crippen LogP contribution in [0.3, 0.4) is 0 Å². The summed E-state index contributed by atoms with van der Waals surface area (Å²) >= 11 is 1.59. The molecule has 0 aliphatic rings. The molecule has 0 atom stereocenters. The van der Waals surface area contributed by atoms with Gasteiger partial charge in [0.15, 0.2) is 0 Å². The van der Waals surface area contributed by atoms with Crippen molar-refractivity contribution in [3.05, 3.63) is 40.2 Å². The molecular formula is C12H13NO3S. The van der Waals surface area contributed by atoms with Crippen molar-refractivity contribution in [1.29, 1.82) is 0 Å². The molecule has 0 saturated carbocycles. The number of carboxylic acid groups (broad SMARTS) is 1. The number of rotatable bonds is 6. The highest BCUT2D eigenvalue weighted by molar-refractivity contribution is 7.09. The second-order valence-electron chi connectivity index (χ2n) is 3.74. The second kappa shape index (κ2) is 5.63. The molecule has 0 fully saturated rings. The fraction of sp³-hybridized carbons (Fsp3) is 0.333. The molecule has 0 saturated heterocycles. The summed E-state index contributed by atoms with van der Waals surface area (Å²) in [6, 6.07) is 3.78. The summed E-state index contributed by atoms with van der Waals surface area (Å²) in [5.41, 5.74) is 0.970. The molecule has 0 unspecified atom stereocenters. The lowest BCUT2D eigenvalue weighted by Crippen LogP contribution is -1.96. The van der Waals surface area contributed by atoms with Crippen LogP contribution in [0.2, 0.25) is 0 Å². The van der Waals surface area contributed by atoms with E-state index in [1.54, 1.807) is 17.6 Å². The fourth-order valence-corrected chi connectivity index (χ4v) is 2.37. The summed E-state index contributed by atoms with van der Waals surface area (Å²) in [6.45, 7) is 0. The van der Waals surface area contributed by atoms with Crippen molar-refractivity contribution in [3.8, 4) is 0 Å². The number of hydrogen-bond acceptors (Lipinski definition) is 4. The maximum atomic E-state index is 10.4. The van der Waals surface area contributed by atoms with Crippen LogP contribution in [0, 0.1) is 0 Å². The van der Waals surface area contributed by atoms with Crippen LogP contribution in [0.5, 0.6) is 0 Å². The maximum absolute atomic E-state index is 10.4. The predicted octanol–water partition coefficient (Wildman–Crippen LogP) is 2.73. The van der Waals surface area contributed by atoms with Crippen LogP contribution >= 0.6 is 11.3 Å². The Morgan fingerprint density at radius 1 is 1.53 bits per heavy atom. The molecule has 0 aliphatic heterocycles. The monoisotopic (exact) mass is 251 g/mol.